The van der Waals surface area contributed by atoms with Gasteiger partial charge in [0.15, 0.2) is 0 Å². The molecule has 0 unspecified atom stereocenters. The highest BCUT2D eigenvalue weighted by Gasteiger charge is 2.24. The third-order valence-electron chi connectivity index (χ3n) is 4.07. The summed E-state index contributed by atoms with van der Waals surface area (Å²) in [5.74, 6) is 0.146. The van der Waals surface area contributed by atoms with Crippen LogP contribution >= 0.6 is 0 Å². The minimum Gasteiger partial charge on any atom is -0.315 e. The van der Waals surface area contributed by atoms with E-state index in [-0.39, 0.29) is 5.91 Å². The van der Waals surface area contributed by atoms with Gasteiger partial charge >= 0.3 is 0 Å². The molecule has 1 aromatic carbocycles. The van der Waals surface area contributed by atoms with Gasteiger partial charge in [-0.25, -0.2) is 4.98 Å². The molecule has 1 aliphatic rings. The van der Waals surface area contributed by atoms with Crippen molar-refractivity contribution < 1.29 is 4.79 Å². The number of hydrogen-bond donors (Lipinski definition) is 0. The number of amides is 1. The molecule has 0 fully saturated rings. The van der Waals surface area contributed by atoms with Gasteiger partial charge in [0.25, 0.3) is 0 Å². The Kier molecular flexibility index (Phi) is 2.42. The van der Waals surface area contributed by atoms with Gasteiger partial charge in [-0.05, 0) is 42.3 Å². The number of rotatable bonds is 1. The lowest BCUT2D eigenvalue weighted by molar-refractivity contribution is -0.117. The molecule has 3 aromatic rings. The van der Waals surface area contributed by atoms with Crippen molar-refractivity contribution in [1.29, 1.82) is 0 Å². The van der Waals surface area contributed by atoms with Crippen molar-refractivity contribution >= 4 is 17.2 Å². The molecular formula is C17H15N3O. The van der Waals surface area contributed by atoms with Gasteiger partial charge in [-0.2, -0.15) is 0 Å². The minimum atomic E-state index is 0.146. The first-order valence-electron chi connectivity index (χ1n) is 6.97. The number of pyridine rings is 1. The molecule has 4 heteroatoms. The Balaban J connectivity index is 1.82. The zero-order valence-electron chi connectivity index (χ0n) is 12.0. The van der Waals surface area contributed by atoms with Gasteiger partial charge in [-0.15, -0.1) is 0 Å². The highest BCUT2D eigenvalue weighted by atomic mass is 16.2. The predicted molar refractivity (Wildman–Crippen MR) is 82.5 cm³/mol. The van der Waals surface area contributed by atoms with Gasteiger partial charge in [0.05, 0.1) is 12.1 Å². The second-order valence-electron chi connectivity index (χ2n) is 5.57. The molecule has 1 aliphatic heterocycles. The Morgan fingerprint density at radius 1 is 1.19 bits per heavy atom. The molecule has 0 saturated heterocycles. The van der Waals surface area contributed by atoms with Crippen molar-refractivity contribution in [2.24, 2.45) is 0 Å². The van der Waals surface area contributed by atoms with E-state index in [9.17, 15) is 4.79 Å². The Morgan fingerprint density at radius 3 is 2.90 bits per heavy atom. The van der Waals surface area contributed by atoms with Gasteiger partial charge in [-0.1, -0.05) is 6.07 Å². The van der Waals surface area contributed by atoms with Crippen LogP contribution in [0.5, 0.6) is 0 Å². The Bertz CT molecular complexity index is 879. The standard InChI is InChI=1S/C17H15N3O/c1-11-5-6-20-10-14(18-16(20)7-11)12-3-4-15-13(8-12)9-17(21)19(15)2/h3-8,10H,9H2,1-2H3. The van der Waals surface area contributed by atoms with Crippen LogP contribution in [0.1, 0.15) is 11.1 Å². The number of imidazole rings is 1. The van der Waals surface area contributed by atoms with E-state index in [1.807, 2.05) is 36.0 Å². The van der Waals surface area contributed by atoms with E-state index in [4.69, 9.17) is 0 Å². The molecule has 4 nitrogen and oxygen atoms in total. The average molecular weight is 277 g/mol. The highest BCUT2D eigenvalue weighted by Crippen LogP contribution is 2.31. The molecule has 4 rings (SSSR count). The fraction of sp³-hybridized carbons (Fsp3) is 0.176. The summed E-state index contributed by atoms with van der Waals surface area (Å²) in [6.07, 6.45) is 4.52. The van der Waals surface area contributed by atoms with Crippen LogP contribution in [-0.2, 0) is 11.2 Å². The number of aryl methyl sites for hydroxylation is 1. The number of hydrogen-bond acceptors (Lipinski definition) is 2. The van der Waals surface area contributed by atoms with Crippen molar-refractivity contribution in [2.45, 2.75) is 13.3 Å². The van der Waals surface area contributed by atoms with E-state index in [1.165, 1.54) is 5.56 Å². The summed E-state index contributed by atoms with van der Waals surface area (Å²) in [6.45, 7) is 2.06. The molecule has 2 aromatic heterocycles. The number of aromatic nitrogens is 2. The molecule has 0 aliphatic carbocycles. The topological polar surface area (TPSA) is 37.6 Å². The van der Waals surface area contributed by atoms with Crippen LogP contribution in [0.4, 0.5) is 5.69 Å². The maximum Gasteiger partial charge on any atom is 0.231 e. The van der Waals surface area contributed by atoms with Crippen molar-refractivity contribution in [3.05, 3.63) is 53.9 Å². The SMILES string of the molecule is Cc1ccn2cc(-c3ccc4c(c3)CC(=O)N4C)nc2c1. The van der Waals surface area contributed by atoms with Crippen LogP contribution < -0.4 is 4.90 Å². The third kappa shape index (κ3) is 1.83. The first-order valence-corrected chi connectivity index (χ1v) is 6.97. The van der Waals surface area contributed by atoms with Crippen LogP contribution in [0.2, 0.25) is 0 Å². The van der Waals surface area contributed by atoms with Crippen LogP contribution in [0, 0.1) is 6.92 Å². The molecule has 1 amide bonds. The largest absolute Gasteiger partial charge is 0.315 e. The van der Waals surface area contributed by atoms with E-state index in [0.29, 0.717) is 6.42 Å². The lowest BCUT2D eigenvalue weighted by atomic mass is 10.1. The fourth-order valence-corrected chi connectivity index (χ4v) is 2.85. The first-order chi connectivity index (χ1) is 10.1. The molecule has 3 heterocycles. The van der Waals surface area contributed by atoms with Gasteiger partial charge in [0, 0.05) is 30.7 Å². The Labute approximate surface area is 122 Å². The summed E-state index contributed by atoms with van der Waals surface area (Å²) >= 11 is 0. The van der Waals surface area contributed by atoms with Gasteiger partial charge in [-0.3, -0.25) is 4.79 Å². The minimum absolute atomic E-state index is 0.146. The van der Waals surface area contributed by atoms with Crippen LogP contribution in [-0.4, -0.2) is 22.3 Å². The van der Waals surface area contributed by atoms with Gasteiger partial charge in [0.1, 0.15) is 5.65 Å². The van der Waals surface area contributed by atoms with Crippen molar-refractivity contribution in [2.75, 3.05) is 11.9 Å². The molecule has 0 atom stereocenters. The number of fused-ring (bicyclic) bond motifs is 2. The van der Waals surface area contributed by atoms with Crippen LogP contribution in [0.25, 0.3) is 16.9 Å². The summed E-state index contributed by atoms with van der Waals surface area (Å²) < 4.78 is 2.02. The van der Waals surface area contributed by atoms with Crippen LogP contribution in [0.15, 0.2) is 42.7 Å². The molecule has 0 bridgehead atoms. The number of anilines is 1. The number of likely N-dealkylation sites (N-methyl/N-ethyl adjacent to an activating group) is 1. The van der Waals surface area contributed by atoms with E-state index < -0.39 is 0 Å². The molecule has 104 valence electrons. The van der Waals surface area contributed by atoms with Crippen molar-refractivity contribution in [1.82, 2.24) is 9.38 Å². The smallest absolute Gasteiger partial charge is 0.231 e. The van der Waals surface area contributed by atoms with E-state index in [0.717, 1.165) is 28.2 Å². The maximum atomic E-state index is 11.8. The lowest BCUT2D eigenvalue weighted by Gasteiger charge is -2.09. The van der Waals surface area contributed by atoms with E-state index >= 15 is 0 Å². The number of carbonyl (C=O) groups excluding carboxylic acids is 1. The second kappa shape index (κ2) is 4.19. The zero-order chi connectivity index (χ0) is 14.6. The first kappa shape index (κ1) is 12.1. The second-order valence-corrected chi connectivity index (χ2v) is 5.57. The molecule has 0 N–H and O–H groups in total. The maximum absolute atomic E-state index is 11.8. The van der Waals surface area contributed by atoms with Crippen LogP contribution in [0.3, 0.4) is 0 Å². The summed E-state index contributed by atoms with van der Waals surface area (Å²) in [4.78, 5) is 18.1. The third-order valence-corrected chi connectivity index (χ3v) is 4.07. The lowest BCUT2D eigenvalue weighted by Crippen LogP contribution is -2.20. The summed E-state index contributed by atoms with van der Waals surface area (Å²) in [5, 5.41) is 0. The quantitative estimate of drug-likeness (QED) is 0.686. The summed E-state index contributed by atoms with van der Waals surface area (Å²) in [7, 11) is 1.82. The molecule has 21 heavy (non-hydrogen) atoms. The number of carbonyl (C=O) groups is 1. The predicted octanol–water partition coefficient (Wildman–Crippen LogP) is 2.83. The Morgan fingerprint density at radius 2 is 2.05 bits per heavy atom. The molecular weight excluding hydrogens is 262 g/mol. The fourth-order valence-electron chi connectivity index (χ4n) is 2.85. The van der Waals surface area contributed by atoms with Gasteiger partial charge in [0.2, 0.25) is 5.91 Å². The summed E-state index contributed by atoms with van der Waals surface area (Å²) in [5.41, 5.74) is 6.21. The highest BCUT2D eigenvalue weighted by molar-refractivity contribution is 6.01. The molecule has 0 radical (unpaired) electrons. The van der Waals surface area contributed by atoms with Gasteiger partial charge < -0.3 is 9.30 Å². The summed E-state index contributed by atoms with van der Waals surface area (Å²) in [6, 6.07) is 10.2. The molecule has 0 spiro atoms. The molecule has 0 saturated carbocycles. The van der Waals surface area contributed by atoms with Crippen molar-refractivity contribution in [3.8, 4) is 11.3 Å². The zero-order valence-corrected chi connectivity index (χ0v) is 12.0. The monoisotopic (exact) mass is 277 g/mol. The normalized spacial score (nSPS) is 14.0. The van der Waals surface area contributed by atoms with Crippen molar-refractivity contribution in [3.63, 3.8) is 0 Å². The van der Waals surface area contributed by atoms with E-state index in [1.54, 1.807) is 4.90 Å². The number of nitrogens with zero attached hydrogens (tertiary/aromatic N) is 3. The average Bonchev–Trinajstić information content (AvgIpc) is 3.00. The number of benzene rings is 1. The van der Waals surface area contributed by atoms with E-state index in [2.05, 4.69) is 30.1 Å². The Hall–Kier alpha value is -2.62.